The highest BCUT2D eigenvalue weighted by Crippen LogP contribution is 2.34. The number of aromatic amines is 3. The normalized spacial score (nSPS) is 10.3. The van der Waals surface area contributed by atoms with Crippen molar-refractivity contribution in [3.63, 3.8) is 0 Å². The minimum Gasteiger partial charge on any atom is -0.469 e. The Morgan fingerprint density at radius 3 is 1.26 bits per heavy atom. The Morgan fingerprint density at radius 1 is 0.242 bits per heavy atom. The number of hydrogen-bond acceptors (Lipinski definition) is 16. The van der Waals surface area contributed by atoms with Gasteiger partial charge in [-0.1, -0.05) is 411 Å². The second-order valence-electron chi connectivity index (χ2n) is 24.4. The zero-order chi connectivity index (χ0) is 116. The van der Waals surface area contributed by atoms with E-state index in [0.717, 1.165) is 52.6 Å². The summed E-state index contributed by atoms with van der Waals surface area (Å²) in [7, 11) is 0. The van der Waals surface area contributed by atoms with Gasteiger partial charge in [-0.05, 0) is 220 Å². The molecule has 17 aromatic rings. The van der Waals surface area contributed by atoms with Crippen LogP contribution in [0.15, 0.2) is 251 Å². The number of oxazole rings is 2. The molecular weight excluding hydrogens is 1940 g/mol. The number of nitrogens with zero attached hydrogens (tertiary/aromatic N) is 6. The van der Waals surface area contributed by atoms with Crippen LogP contribution in [-0.4, -0.2) is 50.6 Å². The highest BCUT2D eigenvalue weighted by molar-refractivity contribution is 8.01. The van der Waals surface area contributed by atoms with Gasteiger partial charge in [0.15, 0.2) is 18.4 Å². The molecule has 0 fully saturated rings. The number of hydrogen-bond donors (Lipinski definition) is 3. The number of nitrogens with one attached hydrogen (secondary N) is 3. The van der Waals surface area contributed by atoms with Crippen LogP contribution < -0.4 is 0 Å². The average Bonchev–Trinajstić information content (AvgIpc) is 1.73. The van der Waals surface area contributed by atoms with Crippen LogP contribution in [0.25, 0.3) is 53.3 Å². The van der Waals surface area contributed by atoms with Gasteiger partial charge in [0.05, 0.1) is 72.6 Å². The number of benzene rings is 5. The first-order valence-corrected chi connectivity index (χ1v) is 64.1. The number of rotatable bonds is 0. The summed E-state index contributed by atoms with van der Waals surface area (Å²) >= 11 is 10.9. The van der Waals surface area contributed by atoms with Crippen molar-refractivity contribution >= 4 is 122 Å². The molecule has 0 atom stereocenters. The van der Waals surface area contributed by atoms with Crippen LogP contribution in [0.4, 0.5) is 0 Å². The number of imidazole rings is 1. The smallest absolute Gasteiger partial charge is 0.181 e. The summed E-state index contributed by atoms with van der Waals surface area (Å²) in [6.07, 6.45) is 36.0. The van der Waals surface area contributed by atoms with Crippen LogP contribution >= 0.6 is 68.4 Å². The van der Waals surface area contributed by atoms with Crippen LogP contribution in [0.5, 0.6) is 0 Å². The largest absolute Gasteiger partial charge is 0.469 e. The molecule has 0 unspecified atom stereocenters. The molecule has 3 N–H and O–H groups in total. The number of furan rings is 2. The Labute approximate surface area is 942 Å². The summed E-state index contributed by atoms with van der Waals surface area (Å²) in [5, 5.41) is 8.10. The lowest BCUT2D eigenvalue weighted by Gasteiger charge is -1.83. The van der Waals surface area contributed by atoms with E-state index in [1.807, 2.05) is 469 Å². The Hall–Kier alpha value is -9.21. The second kappa shape index (κ2) is 135. The molecule has 19 heteroatoms. The van der Waals surface area contributed by atoms with Crippen molar-refractivity contribution in [1.82, 2.24) is 44.9 Å². The lowest BCUT2D eigenvalue weighted by molar-refractivity contribution is 0.508. The van der Waals surface area contributed by atoms with Crippen molar-refractivity contribution in [2.24, 2.45) is 0 Å². The maximum atomic E-state index is 5.18. The Bertz CT molecular complexity index is 4090. The summed E-state index contributed by atoms with van der Waals surface area (Å²) in [5.41, 5.74) is 23.3. The van der Waals surface area contributed by atoms with Gasteiger partial charge >= 0.3 is 0 Å². The second-order valence-corrected chi connectivity index (χ2v) is 30.4. The number of thiazole rings is 3. The molecule has 24 rings (SSSR count). The van der Waals surface area contributed by atoms with E-state index in [1.165, 1.54) is 207 Å². The van der Waals surface area contributed by atoms with Gasteiger partial charge in [0.1, 0.15) is 22.6 Å². The van der Waals surface area contributed by atoms with Crippen molar-refractivity contribution in [2.75, 3.05) is 5.75 Å². The molecule has 0 amide bonds. The Kier molecular flexibility index (Phi) is 149. The van der Waals surface area contributed by atoms with Gasteiger partial charge in [-0.2, -0.15) is 0 Å². The molecule has 6 aliphatic carbocycles. The van der Waals surface area contributed by atoms with E-state index in [1.54, 1.807) is 74.6 Å². The van der Waals surface area contributed by atoms with E-state index in [2.05, 4.69) is 128 Å². The molecule has 0 radical (unpaired) electrons. The number of thioether (sulfide) groups is 1. The highest BCUT2D eigenvalue weighted by Gasteiger charge is 2.17. The summed E-state index contributed by atoms with van der Waals surface area (Å²) in [6.45, 7) is 96.0. The molecular formula is C130H225N9O4S6. The first-order valence-electron chi connectivity index (χ1n) is 58.7. The van der Waals surface area contributed by atoms with E-state index in [-0.39, 0.29) is 0 Å². The Morgan fingerprint density at radius 2 is 0.698 bits per heavy atom. The van der Waals surface area contributed by atoms with Crippen molar-refractivity contribution in [1.29, 1.82) is 0 Å². The monoisotopic (exact) mass is 2170 g/mol. The topological polar surface area (TPSA) is 177 Å². The van der Waals surface area contributed by atoms with E-state index in [9.17, 15) is 0 Å². The maximum Gasteiger partial charge on any atom is 0.181 e. The summed E-state index contributed by atoms with van der Waals surface area (Å²) < 4.78 is 24.4. The standard InChI is InChI=1S/C8H7N.C8H6O.C8H6S.C7H5NO.C7H5NS.C7H9N.C7H8O.C7H8S.C6H8N2.C6H7NO.C6H7NS.C5H5NS2.24C2H6/c3*1-2-4-8-7(3-1)5-6-9-8;2*1-2-4-7-6(3-1)8-5-9-7;3*1-2-6-4-5-8-7(6)3-1;3*1-2-5-6(3-1)8-4-7-5;1-2-7-5-4(1)6-3-8-5;24*1-2/h1-6,9H;2*1-6H;2*1-5H;4-5,8H,1-3H2;2*4-5H,1-3H2;4H,1-3H2,(H,7,8);2*4H,1-3H2;3H,1-2H2;24*1-2H3. The zero-order valence-electron chi connectivity index (χ0n) is 104. The van der Waals surface area contributed by atoms with E-state index in [0.29, 0.717) is 0 Å². The van der Waals surface area contributed by atoms with Crippen LogP contribution in [0.3, 0.4) is 0 Å². The minimum atomic E-state index is 0.845. The third-order valence-corrected chi connectivity index (χ3v) is 23.6. The van der Waals surface area contributed by atoms with Crippen molar-refractivity contribution in [2.45, 2.75) is 459 Å². The highest BCUT2D eigenvalue weighted by atomic mass is 32.2. The van der Waals surface area contributed by atoms with Gasteiger partial charge < -0.3 is 32.6 Å². The van der Waals surface area contributed by atoms with Crippen LogP contribution in [0, 0.1) is 0 Å². The average molecular weight is 2170 g/mol. The summed E-state index contributed by atoms with van der Waals surface area (Å²) in [4.78, 5) is 37.3. The number of aryl methyl sites for hydroxylation is 13. The van der Waals surface area contributed by atoms with Crippen molar-refractivity contribution < 1.29 is 17.7 Å². The number of thiophene rings is 2. The number of aromatic nitrogens is 9. The van der Waals surface area contributed by atoms with E-state index < -0.39 is 0 Å². The molecule has 0 bridgehead atoms. The quantitative estimate of drug-likeness (QED) is 0.132. The number of fused-ring (bicyclic) bond motifs is 12. The Balaban J connectivity index is -0.000000133. The summed E-state index contributed by atoms with van der Waals surface area (Å²) in [6, 6.07) is 53.0. The molecule has 5 aromatic carbocycles. The van der Waals surface area contributed by atoms with Gasteiger partial charge in [-0.25, -0.2) is 29.9 Å². The van der Waals surface area contributed by atoms with Gasteiger partial charge in [-0.15, -0.1) is 68.4 Å². The maximum absolute atomic E-state index is 5.18. The molecule has 0 saturated carbocycles. The predicted molar refractivity (Wildman–Crippen MR) is 692 cm³/mol. The number of H-pyrrole nitrogens is 3. The van der Waals surface area contributed by atoms with E-state index in [4.69, 9.17) is 17.7 Å². The van der Waals surface area contributed by atoms with Crippen LogP contribution in [0.2, 0.25) is 0 Å². The molecule has 7 aliphatic rings. The van der Waals surface area contributed by atoms with Crippen LogP contribution in [0.1, 0.15) is 443 Å². The fourth-order valence-electron chi connectivity index (χ4n) is 12.5. The zero-order valence-corrected chi connectivity index (χ0v) is 109. The third-order valence-electron chi connectivity index (χ3n) is 17.7. The lowest BCUT2D eigenvalue weighted by Crippen LogP contribution is -1.77. The van der Waals surface area contributed by atoms with E-state index >= 15 is 0 Å². The summed E-state index contributed by atoms with van der Waals surface area (Å²) in [5.74, 6) is 3.56. The SMILES string of the molecule is CC.CC.CC.CC.CC.CC.CC.CC.CC.CC.CC.CC.CC.CC.CC.CC.CC.CC.CC.CC.CC.CC.CC.CC.c1cc2c([nH]1)CCC2.c1cc2c(o1)CCC2.c1cc2c(s1)CCC2.c1ccc2[nH]ccc2c1.c1ccc2occc2c1.c1ccc2ocnc2c1.c1ccc2sccc2c1.c1ccc2scnc2c1.c1nc2c([nH]1)CCC2.c1nc2c(o1)CCC2.c1nc2c(s1)CCC2.c1nc2c(s1)SCC2. The number of para-hydroxylation sites is 5. The molecule has 13 nitrogen and oxygen atoms in total. The van der Waals surface area contributed by atoms with Crippen LogP contribution in [-0.2, 0) is 83.5 Å². The molecule has 0 spiro atoms. The first kappa shape index (κ1) is 165. The van der Waals surface area contributed by atoms with Gasteiger partial charge in [-0.3, -0.25) is 0 Å². The fourth-order valence-corrected chi connectivity index (χ4v) is 17.8. The first-order chi connectivity index (χ1) is 74.1. The van der Waals surface area contributed by atoms with Crippen molar-refractivity contribution in [3.8, 4) is 0 Å². The third kappa shape index (κ3) is 73.6. The molecule has 149 heavy (non-hydrogen) atoms. The predicted octanol–water partition coefficient (Wildman–Crippen LogP) is 47.2. The fraction of sp³-hybridized carbons (Fsp3) is 0.523. The molecule has 1 aliphatic heterocycles. The van der Waals surface area contributed by atoms with Gasteiger partial charge in [0.25, 0.3) is 0 Å². The molecule has 13 heterocycles. The minimum absolute atomic E-state index is 0.845. The lowest BCUT2D eigenvalue weighted by atomic mass is 10.3. The molecule has 0 saturated heterocycles. The van der Waals surface area contributed by atoms with Crippen molar-refractivity contribution in [3.05, 3.63) is 301 Å². The van der Waals surface area contributed by atoms with Gasteiger partial charge in [0.2, 0.25) is 0 Å². The molecule has 850 valence electrons. The molecule has 12 aromatic heterocycles. The van der Waals surface area contributed by atoms with Gasteiger partial charge in [0, 0.05) is 74.2 Å².